The smallest absolute Gasteiger partial charge is 0.397 e. The van der Waals surface area contributed by atoms with E-state index in [4.69, 9.17) is 5.73 Å². The van der Waals surface area contributed by atoms with Crippen molar-refractivity contribution in [3.63, 3.8) is 0 Å². The van der Waals surface area contributed by atoms with Crippen LogP contribution in [0.3, 0.4) is 0 Å². The van der Waals surface area contributed by atoms with Gasteiger partial charge < -0.3 is 5.73 Å². The van der Waals surface area contributed by atoms with Crippen molar-refractivity contribution in [2.45, 2.75) is 23.3 Å². The monoisotopic (exact) mass is 335 g/mol. The lowest BCUT2D eigenvalue weighted by Gasteiger charge is -2.20. The zero-order chi connectivity index (χ0) is 13.4. The second kappa shape index (κ2) is 4.64. The Labute approximate surface area is 107 Å². The van der Waals surface area contributed by atoms with Crippen LogP contribution in [0.15, 0.2) is 21.5 Å². The van der Waals surface area contributed by atoms with Crippen LogP contribution in [0, 0.1) is 6.92 Å². The molecule has 0 amide bonds. The van der Waals surface area contributed by atoms with Crippen molar-refractivity contribution in [3.8, 4) is 0 Å². The van der Waals surface area contributed by atoms with Gasteiger partial charge in [-0.3, -0.25) is 0 Å². The molecule has 0 aromatic heterocycles. The Morgan fingerprint density at radius 3 is 2.18 bits per heavy atom. The number of alkyl halides is 5. The number of aryl methyl sites for hydroxylation is 1. The van der Waals surface area contributed by atoms with Gasteiger partial charge in [-0.25, -0.2) is 0 Å². The zero-order valence-electron chi connectivity index (χ0n) is 8.41. The number of nitrogen functional groups attached to an aromatic ring is 1. The van der Waals surface area contributed by atoms with E-state index in [1.165, 1.54) is 12.1 Å². The van der Waals surface area contributed by atoms with E-state index >= 15 is 0 Å². The van der Waals surface area contributed by atoms with Gasteiger partial charge in [-0.2, -0.15) is 22.0 Å². The molecule has 2 N–H and O–H groups in total. The van der Waals surface area contributed by atoms with Gasteiger partial charge in [-0.1, -0.05) is 0 Å². The second-order valence-electron chi connectivity index (χ2n) is 3.28. The third-order valence-electron chi connectivity index (χ3n) is 1.80. The number of hydrogen-bond acceptors (Lipinski definition) is 2. The van der Waals surface area contributed by atoms with E-state index < -0.39 is 23.2 Å². The summed E-state index contributed by atoms with van der Waals surface area (Å²) < 4.78 is 62.0. The molecular weight excluding hydrogens is 329 g/mol. The largest absolute Gasteiger partial charge is 0.464 e. The van der Waals surface area contributed by atoms with Crippen LogP contribution in [0.1, 0.15) is 5.56 Å². The Balaban J connectivity index is 3.12. The molecule has 1 nitrogen and oxygen atoms in total. The van der Waals surface area contributed by atoms with Gasteiger partial charge in [0.05, 0.1) is 5.69 Å². The van der Waals surface area contributed by atoms with E-state index in [0.717, 1.165) is 0 Å². The van der Waals surface area contributed by atoms with Crippen LogP contribution in [0.25, 0.3) is 0 Å². The van der Waals surface area contributed by atoms with Crippen molar-refractivity contribution in [2.75, 3.05) is 5.73 Å². The van der Waals surface area contributed by atoms with Crippen molar-refractivity contribution in [3.05, 3.63) is 22.2 Å². The molecule has 17 heavy (non-hydrogen) atoms. The Kier molecular flexibility index (Phi) is 3.97. The molecule has 0 spiro atoms. The lowest BCUT2D eigenvalue weighted by molar-refractivity contribution is -0.237. The van der Waals surface area contributed by atoms with Gasteiger partial charge >= 0.3 is 11.4 Å². The topological polar surface area (TPSA) is 26.0 Å². The molecule has 0 unspecified atom stereocenters. The summed E-state index contributed by atoms with van der Waals surface area (Å²) in [6.07, 6.45) is -5.61. The summed E-state index contributed by atoms with van der Waals surface area (Å²) >= 11 is 2.38. The van der Waals surface area contributed by atoms with Crippen LogP contribution in [-0.2, 0) is 0 Å². The molecular formula is C9H7BrF5NS. The Hall–Kier alpha value is -0.500. The number of nitrogens with two attached hydrogens (primary N) is 1. The summed E-state index contributed by atoms with van der Waals surface area (Å²) in [5.41, 5.74) is 5.83. The number of halogens is 6. The molecule has 0 aliphatic heterocycles. The van der Waals surface area contributed by atoms with Crippen LogP contribution in [-0.4, -0.2) is 11.4 Å². The number of rotatable bonds is 2. The summed E-state index contributed by atoms with van der Waals surface area (Å²) in [7, 11) is 0. The SMILES string of the molecule is Cc1cc(Br)c(N)c(SC(F)(F)C(F)(F)F)c1. The van der Waals surface area contributed by atoms with Gasteiger partial charge in [-0.15, -0.1) is 0 Å². The maximum absolute atomic E-state index is 12.8. The van der Waals surface area contributed by atoms with Crippen molar-refractivity contribution < 1.29 is 22.0 Å². The van der Waals surface area contributed by atoms with Crippen molar-refractivity contribution >= 4 is 33.4 Å². The Morgan fingerprint density at radius 1 is 1.18 bits per heavy atom. The van der Waals surface area contributed by atoms with Gasteiger partial charge in [0.1, 0.15) is 0 Å². The highest BCUT2D eigenvalue weighted by Gasteiger charge is 2.58. The predicted octanol–water partition coefficient (Wildman–Crippen LogP) is 4.59. The molecule has 0 atom stereocenters. The minimum Gasteiger partial charge on any atom is -0.397 e. The number of hydrogen-bond donors (Lipinski definition) is 1. The number of thioether (sulfide) groups is 1. The molecule has 0 saturated carbocycles. The van der Waals surface area contributed by atoms with Gasteiger partial charge in [0.25, 0.3) is 0 Å². The Bertz CT molecular complexity index is 432. The first-order valence-electron chi connectivity index (χ1n) is 4.24. The maximum atomic E-state index is 12.8. The minimum atomic E-state index is -5.61. The van der Waals surface area contributed by atoms with Crippen molar-refractivity contribution in [1.82, 2.24) is 0 Å². The summed E-state index contributed by atoms with van der Waals surface area (Å²) in [6.45, 7) is 1.57. The fourth-order valence-corrected chi connectivity index (χ4v) is 2.56. The van der Waals surface area contributed by atoms with Crippen LogP contribution >= 0.6 is 27.7 Å². The summed E-state index contributed by atoms with van der Waals surface area (Å²) in [6, 6.07) is 2.72. The van der Waals surface area contributed by atoms with E-state index in [9.17, 15) is 22.0 Å². The normalized spacial score (nSPS) is 12.9. The highest BCUT2D eigenvalue weighted by Crippen LogP contribution is 2.49. The third kappa shape index (κ3) is 3.25. The predicted molar refractivity (Wildman–Crippen MR) is 60.2 cm³/mol. The first-order chi connectivity index (χ1) is 7.54. The summed E-state index contributed by atoms with van der Waals surface area (Å²) in [5.74, 6) is 0. The van der Waals surface area contributed by atoms with E-state index in [1.54, 1.807) is 6.92 Å². The molecule has 0 aliphatic rings. The molecule has 0 bridgehead atoms. The highest BCUT2D eigenvalue weighted by molar-refractivity contribution is 9.10. The van der Waals surface area contributed by atoms with Crippen LogP contribution in [0.5, 0.6) is 0 Å². The van der Waals surface area contributed by atoms with E-state index in [1.807, 2.05) is 0 Å². The molecule has 1 aromatic carbocycles. The van der Waals surface area contributed by atoms with Gasteiger partial charge in [0, 0.05) is 9.37 Å². The fraction of sp³-hybridized carbons (Fsp3) is 0.333. The minimum absolute atomic E-state index is 0.135. The fourth-order valence-electron chi connectivity index (χ4n) is 1.00. The molecule has 0 aliphatic carbocycles. The number of anilines is 1. The maximum Gasteiger partial charge on any atom is 0.464 e. The molecule has 96 valence electrons. The van der Waals surface area contributed by atoms with Gasteiger partial charge in [-0.05, 0) is 52.3 Å². The first kappa shape index (κ1) is 14.6. The van der Waals surface area contributed by atoms with E-state index in [2.05, 4.69) is 15.9 Å². The zero-order valence-corrected chi connectivity index (χ0v) is 10.8. The molecule has 0 radical (unpaired) electrons. The number of benzene rings is 1. The quantitative estimate of drug-likeness (QED) is 0.486. The van der Waals surface area contributed by atoms with Crippen molar-refractivity contribution in [2.24, 2.45) is 0 Å². The van der Waals surface area contributed by atoms with E-state index in [-0.39, 0.29) is 15.1 Å². The second-order valence-corrected chi connectivity index (χ2v) is 5.29. The molecule has 8 heteroatoms. The average Bonchev–Trinajstić information content (AvgIpc) is 2.11. The highest BCUT2D eigenvalue weighted by atomic mass is 79.9. The third-order valence-corrected chi connectivity index (χ3v) is 3.51. The molecule has 1 aromatic rings. The van der Waals surface area contributed by atoms with Gasteiger partial charge in [0.2, 0.25) is 0 Å². The molecule has 0 saturated heterocycles. The van der Waals surface area contributed by atoms with Crippen LogP contribution in [0.4, 0.5) is 27.6 Å². The molecule has 1 rings (SSSR count). The lowest BCUT2D eigenvalue weighted by atomic mass is 10.2. The van der Waals surface area contributed by atoms with E-state index in [0.29, 0.717) is 5.56 Å². The molecule has 0 fully saturated rings. The first-order valence-corrected chi connectivity index (χ1v) is 5.85. The van der Waals surface area contributed by atoms with Crippen LogP contribution < -0.4 is 5.73 Å². The van der Waals surface area contributed by atoms with Gasteiger partial charge in [0.15, 0.2) is 0 Å². The summed E-state index contributed by atoms with van der Waals surface area (Å²) in [4.78, 5) is -0.306. The summed E-state index contributed by atoms with van der Waals surface area (Å²) in [5, 5.41) is -4.87. The Morgan fingerprint density at radius 2 is 1.71 bits per heavy atom. The lowest BCUT2D eigenvalue weighted by Crippen LogP contribution is -2.32. The standard InChI is InChI=1S/C9H7BrF5NS/c1-4-2-5(10)7(16)6(3-4)17-9(14,15)8(11,12)13/h2-3H,16H2,1H3. The van der Waals surface area contributed by atoms with Crippen LogP contribution in [0.2, 0.25) is 0 Å². The molecule has 0 heterocycles. The average molecular weight is 336 g/mol. The van der Waals surface area contributed by atoms with Crippen molar-refractivity contribution in [1.29, 1.82) is 0 Å².